The van der Waals surface area contributed by atoms with Gasteiger partial charge in [0.05, 0.1) is 11.4 Å². The Bertz CT molecular complexity index is 617. The monoisotopic (exact) mass is 413 g/mol. The molecule has 2 fully saturated rings. The van der Waals surface area contributed by atoms with E-state index >= 15 is 0 Å². The lowest BCUT2D eigenvalue weighted by molar-refractivity contribution is -0.119. The third kappa shape index (κ3) is 5.30. The standard InChI is InChI=1S/C21H31N3O.2ClH/c1-16(18-5-4-10-22-14-18)13-21(25)24-12-11-23(15-17-8-9-17)19-6-2-3-7-20(19)24;;/h2-3,6-7,16-18,22H,4-5,8-15H2,1H3;2*1H. The molecule has 1 aromatic carbocycles. The summed E-state index contributed by atoms with van der Waals surface area (Å²) in [6.45, 7) is 7.42. The van der Waals surface area contributed by atoms with Crippen LogP contribution in [0.15, 0.2) is 24.3 Å². The van der Waals surface area contributed by atoms with E-state index in [0.29, 0.717) is 24.2 Å². The topological polar surface area (TPSA) is 35.6 Å². The Morgan fingerprint density at radius 3 is 2.56 bits per heavy atom. The Kier molecular flexibility index (Phi) is 8.26. The fraction of sp³-hybridized carbons (Fsp3) is 0.667. The molecule has 2 heterocycles. The van der Waals surface area contributed by atoms with Crippen LogP contribution in [0.4, 0.5) is 11.4 Å². The first kappa shape index (κ1) is 22.3. The van der Waals surface area contributed by atoms with Crippen molar-refractivity contribution in [3.05, 3.63) is 24.3 Å². The van der Waals surface area contributed by atoms with Crippen molar-refractivity contribution in [1.82, 2.24) is 5.32 Å². The van der Waals surface area contributed by atoms with E-state index in [1.165, 1.54) is 31.4 Å². The molecule has 0 aromatic heterocycles. The molecule has 2 unspecified atom stereocenters. The van der Waals surface area contributed by atoms with Crippen molar-refractivity contribution < 1.29 is 4.79 Å². The highest BCUT2D eigenvalue weighted by Crippen LogP contribution is 2.38. The summed E-state index contributed by atoms with van der Waals surface area (Å²) in [6, 6.07) is 8.47. The number of hydrogen-bond acceptors (Lipinski definition) is 3. The van der Waals surface area contributed by atoms with Crippen molar-refractivity contribution >= 4 is 42.1 Å². The number of halogens is 2. The summed E-state index contributed by atoms with van der Waals surface area (Å²) in [5.74, 6) is 2.27. The summed E-state index contributed by atoms with van der Waals surface area (Å²) in [6.07, 6.45) is 5.91. The van der Waals surface area contributed by atoms with Crippen molar-refractivity contribution in [2.75, 3.05) is 42.5 Å². The van der Waals surface area contributed by atoms with Crippen LogP contribution in [0.5, 0.6) is 0 Å². The lowest BCUT2D eigenvalue weighted by atomic mass is 9.85. The molecule has 0 radical (unpaired) electrons. The Balaban J connectivity index is 0.00000131. The number of fused-ring (bicyclic) bond motifs is 1. The van der Waals surface area contributed by atoms with Crippen molar-refractivity contribution in [3.8, 4) is 0 Å². The van der Waals surface area contributed by atoms with Gasteiger partial charge in [0.1, 0.15) is 0 Å². The van der Waals surface area contributed by atoms with Gasteiger partial charge in [0.2, 0.25) is 5.91 Å². The predicted octanol–water partition coefficient (Wildman–Crippen LogP) is 4.12. The summed E-state index contributed by atoms with van der Waals surface area (Å²) in [7, 11) is 0. The molecule has 4 nitrogen and oxygen atoms in total. The van der Waals surface area contributed by atoms with Crippen LogP contribution < -0.4 is 15.1 Å². The number of nitrogens with one attached hydrogen (secondary N) is 1. The quantitative estimate of drug-likeness (QED) is 0.788. The minimum atomic E-state index is 0. The number of amides is 1. The van der Waals surface area contributed by atoms with E-state index in [2.05, 4.69) is 41.4 Å². The maximum absolute atomic E-state index is 13.0. The van der Waals surface area contributed by atoms with Crippen molar-refractivity contribution in [2.45, 2.75) is 39.0 Å². The molecular weight excluding hydrogens is 381 g/mol. The first-order chi connectivity index (χ1) is 12.2. The van der Waals surface area contributed by atoms with Crippen LogP contribution in [0, 0.1) is 17.8 Å². The van der Waals surface area contributed by atoms with Gasteiger partial charge in [-0.3, -0.25) is 4.79 Å². The van der Waals surface area contributed by atoms with Gasteiger partial charge in [-0.2, -0.15) is 0 Å². The van der Waals surface area contributed by atoms with Gasteiger partial charge in [-0.25, -0.2) is 0 Å². The molecule has 1 aromatic rings. The zero-order valence-corrected chi connectivity index (χ0v) is 17.9. The van der Waals surface area contributed by atoms with Gasteiger partial charge in [0.25, 0.3) is 0 Å². The average Bonchev–Trinajstić information content (AvgIpc) is 3.46. The SMILES string of the molecule is CC(CC(=O)N1CCN(CC2CC2)c2ccccc21)C1CCCNC1.Cl.Cl. The van der Waals surface area contributed by atoms with E-state index in [4.69, 9.17) is 0 Å². The Labute approximate surface area is 175 Å². The second-order valence-electron chi connectivity index (χ2n) is 8.21. The van der Waals surface area contributed by atoms with Gasteiger partial charge in [-0.1, -0.05) is 19.1 Å². The van der Waals surface area contributed by atoms with E-state index in [0.717, 1.165) is 44.3 Å². The summed E-state index contributed by atoms with van der Waals surface area (Å²) in [5.41, 5.74) is 2.37. The van der Waals surface area contributed by atoms with E-state index in [-0.39, 0.29) is 24.8 Å². The maximum Gasteiger partial charge on any atom is 0.227 e. The smallest absolute Gasteiger partial charge is 0.227 e. The Morgan fingerprint density at radius 1 is 1.15 bits per heavy atom. The molecule has 1 saturated carbocycles. The van der Waals surface area contributed by atoms with E-state index in [9.17, 15) is 4.79 Å². The summed E-state index contributed by atoms with van der Waals surface area (Å²) < 4.78 is 0. The third-order valence-electron chi connectivity index (χ3n) is 6.22. The van der Waals surface area contributed by atoms with Crippen LogP contribution in [0.1, 0.15) is 39.0 Å². The van der Waals surface area contributed by atoms with E-state index in [1.54, 1.807) is 0 Å². The zero-order chi connectivity index (χ0) is 17.2. The van der Waals surface area contributed by atoms with E-state index < -0.39 is 0 Å². The van der Waals surface area contributed by atoms with Crippen LogP contribution in [0.2, 0.25) is 0 Å². The highest BCUT2D eigenvalue weighted by molar-refractivity contribution is 5.98. The normalized spacial score (nSPS) is 22.9. The highest BCUT2D eigenvalue weighted by Gasteiger charge is 2.32. The largest absolute Gasteiger partial charge is 0.368 e. The van der Waals surface area contributed by atoms with E-state index in [1.807, 2.05) is 4.90 Å². The molecular formula is C21H33Cl2N3O. The van der Waals surface area contributed by atoms with Gasteiger partial charge in [0, 0.05) is 26.1 Å². The number of carbonyl (C=O) groups is 1. The molecule has 2 aliphatic heterocycles. The van der Waals surface area contributed by atoms with Gasteiger partial charge in [0.15, 0.2) is 0 Å². The molecule has 1 aliphatic carbocycles. The molecule has 1 amide bonds. The number of piperidine rings is 1. The van der Waals surface area contributed by atoms with Crippen molar-refractivity contribution in [2.24, 2.45) is 17.8 Å². The van der Waals surface area contributed by atoms with Crippen molar-refractivity contribution in [3.63, 3.8) is 0 Å². The number of nitrogens with zero attached hydrogens (tertiary/aromatic N) is 2. The number of anilines is 2. The van der Waals surface area contributed by atoms with Crippen LogP contribution in [-0.4, -0.2) is 38.6 Å². The molecule has 4 rings (SSSR count). The van der Waals surface area contributed by atoms with Gasteiger partial charge < -0.3 is 15.1 Å². The minimum Gasteiger partial charge on any atom is -0.368 e. The number of hydrogen-bond donors (Lipinski definition) is 1. The highest BCUT2D eigenvalue weighted by atomic mass is 35.5. The third-order valence-corrected chi connectivity index (χ3v) is 6.22. The molecule has 2 atom stereocenters. The lowest BCUT2D eigenvalue weighted by Crippen LogP contribution is -2.45. The maximum atomic E-state index is 13.0. The second-order valence-corrected chi connectivity index (χ2v) is 8.21. The predicted molar refractivity (Wildman–Crippen MR) is 118 cm³/mol. The summed E-state index contributed by atoms with van der Waals surface area (Å²) >= 11 is 0. The fourth-order valence-electron chi connectivity index (χ4n) is 4.40. The summed E-state index contributed by atoms with van der Waals surface area (Å²) in [4.78, 5) is 17.6. The Morgan fingerprint density at radius 2 is 1.89 bits per heavy atom. The Hall–Kier alpha value is -0.970. The number of carbonyl (C=O) groups excluding carboxylic acids is 1. The molecule has 3 aliphatic rings. The van der Waals surface area contributed by atoms with Gasteiger partial charge in [-0.05, 0) is 68.7 Å². The first-order valence-electron chi connectivity index (χ1n) is 10.1. The second kappa shape index (κ2) is 9.99. The number of rotatable bonds is 5. The molecule has 1 saturated heterocycles. The summed E-state index contributed by atoms with van der Waals surface area (Å²) in [5, 5.41) is 3.48. The number of benzene rings is 1. The minimum absolute atomic E-state index is 0. The zero-order valence-electron chi connectivity index (χ0n) is 16.2. The molecule has 27 heavy (non-hydrogen) atoms. The molecule has 0 bridgehead atoms. The molecule has 1 N–H and O–H groups in total. The van der Waals surface area contributed by atoms with Crippen LogP contribution >= 0.6 is 24.8 Å². The van der Waals surface area contributed by atoms with Crippen molar-refractivity contribution in [1.29, 1.82) is 0 Å². The van der Waals surface area contributed by atoms with Gasteiger partial charge >= 0.3 is 0 Å². The van der Waals surface area contributed by atoms with Crippen LogP contribution in [0.3, 0.4) is 0 Å². The first-order valence-corrected chi connectivity index (χ1v) is 10.1. The average molecular weight is 414 g/mol. The molecule has 152 valence electrons. The lowest BCUT2D eigenvalue weighted by Gasteiger charge is -2.38. The molecule has 6 heteroatoms. The fourth-order valence-corrected chi connectivity index (χ4v) is 4.40. The molecule has 0 spiro atoms. The number of para-hydroxylation sites is 2. The van der Waals surface area contributed by atoms with Crippen LogP contribution in [0.25, 0.3) is 0 Å². The van der Waals surface area contributed by atoms with Crippen LogP contribution in [-0.2, 0) is 4.79 Å². The van der Waals surface area contributed by atoms with Gasteiger partial charge in [-0.15, -0.1) is 24.8 Å².